The number of benzene rings is 1. The summed E-state index contributed by atoms with van der Waals surface area (Å²) in [5.41, 5.74) is 3.32. The van der Waals surface area contributed by atoms with Gasteiger partial charge >= 0.3 is 6.18 Å². The Morgan fingerprint density at radius 1 is 1.31 bits per heavy atom. The molecule has 0 unspecified atom stereocenters. The molecule has 0 aliphatic rings. The molecule has 0 amide bonds. The highest BCUT2D eigenvalue weighted by atomic mass is 19.4. The van der Waals surface area contributed by atoms with Crippen LogP contribution in [0, 0.1) is 4.91 Å². The summed E-state index contributed by atoms with van der Waals surface area (Å²) >= 11 is 0. The predicted octanol–water partition coefficient (Wildman–Crippen LogP) is 2.69. The lowest BCUT2D eigenvalue weighted by atomic mass is 10.1. The molecule has 0 spiro atoms. The number of hydrogen-bond donors (Lipinski definition) is 1. The van der Waals surface area contributed by atoms with Gasteiger partial charge in [0.25, 0.3) is 0 Å². The van der Waals surface area contributed by atoms with E-state index < -0.39 is 17.4 Å². The Kier molecular flexibility index (Phi) is 2.22. The third-order valence-corrected chi connectivity index (χ3v) is 1.42. The third-order valence-electron chi connectivity index (χ3n) is 1.42. The largest absolute Gasteiger partial charge is 0.418 e. The number of hydrogen-bond acceptors (Lipinski definition) is 3. The maximum Gasteiger partial charge on any atom is 0.418 e. The quantitative estimate of drug-likeness (QED) is 0.546. The van der Waals surface area contributed by atoms with Crippen molar-refractivity contribution < 1.29 is 13.2 Å². The van der Waals surface area contributed by atoms with Gasteiger partial charge in [-0.05, 0) is 23.4 Å². The van der Waals surface area contributed by atoms with Crippen LogP contribution in [0.5, 0.6) is 0 Å². The van der Waals surface area contributed by atoms with Crippen molar-refractivity contribution in [2.24, 2.45) is 5.18 Å². The topological polar surface area (TPSA) is 55.4 Å². The van der Waals surface area contributed by atoms with E-state index >= 15 is 0 Å². The number of nitrogens with zero attached hydrogens (tertiary/aromatic N) is 1. The molecule has 0 aliphatic heterocycles. The zero-order valence-corrected chi connectivity index (χ0v) is 6.30. The van der Waals surface area contributed by atoms with Crippen molar-refractivity contribution in [1.29, 1.82) is 0 Å². The van der Waals surface area contributed by atoms with E-state index in [2.05, 4.69) is 5.18 Å². The standard InChI is InChI=1S/C7H5F3N2O/c8-7(9,10)5-3-4(11)1-2-6(5)12-13/h1-3H,11H2. The highest BCUT2D eigenvalue weighted by Crippen LogP contribution is 2.37. The number of nitrogen functional groups attached to an aromatic ring is 1. The van der Waals surface area contributed by atoms with E-state index in [1.165, 1.54) is 6.07 Å². The molecule has 0 fully saturated rings. The second-order valence-corrected chi connectivity index (χ2v) is 2.37. The first-order valence-electron chi connectivity index (χ1n) is 3.25. The maximum absolute atomic E-state index is 12.2. The summed E-state index contributed by atoms with van der Waals surface area (Å²) in [6.45, 7) is 0. The van der Waals surface area contributed by atoms with Crippen LogP contribution in [0.1, 0.15) is 5.56 Å². The number of anilines is 1. The normalized spacial score (nSPS) is 11.3. The molecule has 3 nitrogen and oxygen atoms in total. The van der Waals surface area contributed by atoms with Crippen molar-refractivity contribution in [3.8, 4) is 0 Å². The molecule has 0 heterocycles. The molecule has 1 rings (SSSR count). The minimum absolute atomic E-state index is 0.0558. The van der Waals surface area contributed by atoms with Gasteiger partial charge in [0.2, 0.25) is 0 Å². The fourth-order valence-corrected chi connectivity index (χ4v) is 0.860. The van der Waals surface area contributed by atoms with Crippen molar-refractivity contribution >= 4 is 11.4 Å². The van der Waals surface area contributed by atoms with Gasteiger partial charge in [-0.1, -0.05) is 0 Å². The summed E-state index contributed by atoms with van der Waals surface area (Å²) < 4.78 is 36.5. The van der Waals surface area contributed by atoms with Crippen LogP contribution in [0.3, 0.4) is 0 Å². The minimum Gasteiger partial charge on any atom is -0.399 e. The van der Waals surface area contributed by atoms with E-state index in [4.69, 9.17) is 5.73 Å². The summed E-state index contributed by atoms with van der Waals surface area (Å²) in [6, 6.07) is 2.80. The van der Waals surface area contributed by atoms with Gasteiger partial charge in [0.05, 0.1) is 5.56 Å². The minimum atomic E-state index is -4.60. The van der Waals surface area contributed by atoms with Crippen LogP contribution in [0.2, 0.25) is 0 Å². The van der Waals surface area contributed by atoms with Crippen molar-refractivity contribution in [2.45, 2.75) is 6.18 Å². The monoisotopic (exact) mass is 190 g/mol. The Bertz CT molecular complexity index is 335. The average molecular weight is 190 g/mol. The number of nitrogens with two attached hydrogens (primary N) is 1. The molecule has 1 aromatic rings. The lowest BCUT2D eigenvalue weighted by molar-refractivity contribution is -0.137. The second kappa shape index (κ2) is 3.04. The molecular weight excluding hydrogens is 185 g/mol. The summed E-state index contributed by atoms with van der Waals surface area (Å²) in [5.74, 6) is 0. The Hall–Kier alpha value is -1.59. The van der Waals surface area contributed by atoms with Gasteiger partial charge in [0, 0.05) is 5.69 Å². The number of alkyl halides is 3. The SMILES string of the molecule is Nc1ccc(N=O)c(C(F)(F)F)c1. The second-order valence-electron chi connectivity index (χ2n) is 2.37. The molecule has 2 N–H and O–H groups in total. The Morgan fingerprint density at radius 2 is 1.92 bits per heavy atom. The van der Waals surface area contributed by atoms with Crippen molar-refractivity contribution in [3.05, 3.63) is 28.7 Å². The Balaban J connectivity index is 3.32. The van der Waals surface area contributed by atoms with E-state index in [1.807, 2.05) is 0 Å². The van der Waals surface area contributed by atoms with E-state index in [-0.39, 0.29) is 5.69 Å². The van der Waals surface area contributed by atoms with Gasteiger partial charge in [-0.3, -0.25) is 0 Å². The third kappa shape index (κ3) is 1.95. The van der Waals surface area contributed by atoms with Crippen LogP contribution in [0.4, 0.5) is 24.5 Å². The molecule has 1 aromatic carbocycles. The summed E-state index contributed by atoms with van der Waals surface area (Å²) in [5, 5.41) is 2.25. The van der Waals surface area contributed by atoms with Gasteiger partial charge in [0.15, 0.2) is 0 Å². The number of halogens is 3. The van der Waals surface area contributed by atoms with Crippen LogP contribution in [-0.4, -0.2) is 0 Å². The fourth-order valence-electron chi connectivity index (χ4n) is 0.860. The van der Waals surface area contributed by atoms with Crippen molar-refractivity contribution in [2.75, 3.05) is 5.73 Å². The summed E-state index contributed by atoms with van der Waals surface area (Å²) in [7, 11) is 0. The fraction of sp³-hybridized carbons (Fsp3) is 0.143. The molecule has 0 aliphatic carbocycles. The molecule has 6 heteroatoms. The zero-order chi connectivity index (χ0) is 10.1. The van der Waals surface area contributed by atoms with Gasteiger partial charge in [-0.25, -0.2) is 0 Å². The lowest BCUT2D eigenvalue weighted by Gasteiger charge is -2.08. The summed E-state index contributed by atoms with van der Waals surface area (Å²) in [4.78, 5) is 9.99. The first-order valence-corrected chi connectivity index (χ1v) is 3.25. The average Bonchev–Trinajstić information content (AvgIpc) is 2.03. The predicted molar refractivity (Wildman–Crippen MR) is 41.3 cm³/mol. The van der Waals surface area contributed by atoms with Gasteiger partial charge in [-0.15, -0.1) is 4.91 Å². The van der Waals surface area contributed by atoms with Gasteiger partial charge in [-0.2, -0.15) is 13.2 Å². The molecule has 0 aromatic heterocycles. The van der Waals surface area contributed by atoms with Crippen LogP contribution in [0.25, 0.3) is 0 Å². The highest BCUT2D eigenvalue weighted by molar-refractivity contribution is 5.55. The van der Waals surface area contributed by atoms with Crippen LogP contribution >= 0.6 is 0 Å². The van der Waals surface area contributed by atoms with Gasteiger partial charge < -0.3 is 5.73 Å². The molecule has 0 saturated heterocycles. The highest BCUT2D eigenvalue weighted by Gasteiger charge is 2.34. The Labute approximate surface area is 71.3 Å². The number of rotatable bonds is 1. The molecule has 0 saturated carbocycles. The summed E-state index contributed by atoms with van der Waals surface area (Å²) in [6.07, 6.45) is -4.60. The van der Waals surface area contributed by atoms with Crippen LogP contribution in [-0.2, 0) is 6.18 Å². The lowest BCUT2D eigenvalue weighted by Crippen LogP contribution is -2.05. The number of nitroso groups, excluding NO2 is 1. The van der Waals surface area contributed by atoms with Crippen LogP contribution < -0.4 is 5.73 Å². The van der Waals surface area contributed by atoms with Crippen LogP contribution in [0.15, 0.2) is 23.4 Å². The smallest absolute Gasteiger partial charge is 0.399 e. The van der Waals surface area contributed by atoms with E-state index in [9.17, 15) is 18.1 Å². The zero-order valence-electron chi connectivity index (χ0n) is 6.30. The van der Waals surface area contributed by atoms with Gasteiger partial charge in [0.1, 0.15) is 5.69 Å². The first kappa shape index (κ1) is 9.50. The molecular formula is C7H5F3N2O. The first-order chi connectivity index (χ1) is 5.95. The Morgan fingerprint density at radius 3 is 2.38 bits per heavy atom. The molecule has 70 valence electrons. The molecule has 0 bridgehead atoms. The van der Waals surface area contributed by atoms with E-state index in [1.54, 1.807) is 0 Å². The molecule has 0 atom stereocenters. The van der Waals surface area contributed by atoms with E-state index in [0.717, 1.165) is 6.07 Å². The van der Waals surface area contributed by atoms with Crippen molar-refractivity contribution in [3.63, 3.8) is 0 Å². The maximum atomic E-state index is 12.2. The molecule has 13 heavy (non-hydrogen) atoms. The van der Waals surface area contributed by atoms with Crippen molar-refractivity contribution in [1.82, 2.24) is 0 Å². The molecule has 0 radical (unpaired) electrons. The van der Waals surface area contributed by atoms with E-state index in [0.29, 0.717) is 6.07 Å².